The van der Waals surface area contributed by atoms with Crippen LogP contribution in [0.4, 0.5) is 0 Å². The summed E-state index contributed by atoms with van der Waals surface area (Å²) in [6.45, 7) is 0. The van der Waals surface area contributed by atoms with Crippen LogP contribution in [0.2, 0.25) is 0 Å². The normalized spacial score (nSPS) is 30.5. The minimum Gasteiger partial charge on any atom is -0.508 e. The van der Waals surface area contributed by atoms with Gasteiger partial charge in [0, 0.05) is 5.56 Å². The summed E-state index contributed by atoms with van der Waals surface area (Å²) in [5, 5.41) is 12.3. The highest BCUT2D eigenvalue weighted by Crippen LogP contribution is 2.34. The van der Waals surface area contributed by atoms with Crippen molar-refractivity contribution in [3.05, 3.63) is 29.8 Å². The molecule has 2 aliphatic rings. The first kappa shape index (κ1) is 10.6. The summed E-state index contributed by atoms with van der Waals surface area (Å²) in [5.74, 6) is -0.0242. The van der Waals surface area contributed by atoms with Crippen molar-refractivity contribution in [3.63, 3.8) is 0 Å². The first-order chi connectivity index (χ1) is 8.22. The maximum absolute atomic E-state index is 12.0. The summed E-state index contributed by atoms with van der Waals surface area (Å²) in [5.41, 5.74) is 0.493. The largest absolute Gasteiger partial charge is 0.508 e. The van der Waals surface area contributed by atoms with Gasteiger partial charge in [-0.15, -0.1) is 0 Å². The van der Waals surface area contributed by atoms with Crippen LogP contribution < -0.4 is 5.32 Å². The zero-order valence-electron chi connectivity index (χ0n) is 9.43. The van der Waals surface area contributed by atoms with E-state index >= 15 is 0 Å². The Bertz CT molecular complexity index is 446. The molecule has 0 saturated carbocycles. The lowest BCUT2D eigenvalue weighted by Gasteiger charge is -2.20. The molecule has 2 heterocycles. The van der Waals surface area contributed by atoms with Crippen LogP contribution in [0.15, 0.2) is 24.3 Å². The number of aromatic hydroxyl groups is 1. The lowest BCUT2D eigenvalue weighted by Crippen LogP contribution is -2.41. The van der Waals surface area contributed by atoms with E-state index in [2.05, 4.69) is 5.32 Å². The Morgan fingerprint density at radius 1 is 1.41 bits per heavy atom. The van der Waals surface area contributed by atoms with E-state index in [1.807, 2.05) is 0 Å². The van der Waals surface area contributed by atoms with E-state index in [0.717, 1.165) is 19.3 Å². The highest BCUT2D eigenvalue weighted by molar-refractivity contribution is 5.94. The van der Waals surface area contributed by atoms with Crippen molar-refractivity contribution in [2.24, 2.45) is 0 Å². The van der Waals surface area contributed by atoms with Gasteiger partial charge in [0.2, 0.25) is 0 Å². The van der Waals surface area contributed by atoms with Crippen molar-refractivity contribution in [1.82, 2.24) is 5.32 Å². The SMILES string of the molecule is O=C(NC1CC2CCC1O2)c1cccc(O)c1. The molecule has 2 bridgehead atoms. The Kier molecular flexibility index (Phi) is 2.52. The highest BCUT2D eigenvalue weighted by Gasteiger charge is 2.41. The number of phenolic OH excluding ortho intramolecular Hbond substituents is 1. The van der Waals surface area contributed by atoms with Crippen LogP contribution in [0.5, 0.6) is 5.75 Å². The zero-order valence-corrected chi connectivity index (χ0v) is 9.43. The first-order valence-corrected chi connectivity index (χ1v) is 5.98. The van der Waals surface area contributed by atoms with Gasteiger partial charge in [0.05, 0.1) is 18.2 Å². The number of nitrogens with one attached hydrogen (secondary N) is 1. The molecule has 90 valence electrons. The molecule has 0 aromatic heterocycles. The molecule has 3 rings (SSSR count). The summed E-state index contributed by atoms with van der Waals surface area (Å²) in [6.07, 6.45) is 3.57. The smallest absolute Gasteiger partial charge is 0.251 e. The second kappa shape index (κ2) is 4.04. The van der Waals surface area contributed by atoms with E-state index < -0.39 is 0 Å². The van der Waals surface area contributed by atoms with Crippen molar-refractivity contribution in [2.45, 2.75) is 37.5 Å². The fourth-order valence-electron chi connectivity index (χ4n) is 2.69. The third-order valence-corrected chi connectivity index (χ3v) is 3.53. The van der Waals surface area contributed by atoms with Gasteiger partial charge in [-0.05, 0) is 37.5 Å². The van der Waals surface area contributed by atoms with Gasteiger partial charge in [0.15, 0.2) is 0 Å². The van der Waals surface area contributed by atoms with E-state index in [1.54, 1.807) is 18.2 Å². The first-order valence-electron chi connectivity index (χ1n) is 5.98. The van der Waals surface area contributed by atoms with Crippen LogP contribution in [0, 0.1) is 0 Å². The monoisotopic (exact) mass is 233 g/mol. The molecule has 1 aromatic carbocycles. The van der Waals surface area contributed by atoms with Gasteiger partial charge in [-0.25, -0.2) is 0 Å². The topological polar surface area (TPSA) is 58.6 Å². The summed E-state index contributed by atoms with van der Waals surface area (Å²) >= 11 is 0. The Balaban J connectivity index is 1.68. The van der Waals surface area contributed by atoms with Gasteiger partial charge in [-0.1, -0.05) is 6.07 Å². The Labute approximate surface area is 99.6 Å². The molecule has 2 aliphatic heterocycles. The summed E-state index contributed by atoms with van der Waals surface area (Å²) in [6, 6.07) is 6.52. The molecule has 1 aromatic rings. The quantitative estimate of drug-likeness (QED) is 0.812. The van der Waals surface area contributed by atoms with Crippen LogP contribution in [-0.2, 0) is 4.74 Å². The van der Waals surface area contributed by atoms with Gasteiger partial charge in [-0.3, -0.25) is 4.79 Å². The molecular weight excluding hydrogens is 218 g/mol. The van der Waals surface area contributed by atoms with E-state index in [4.69, 9.17) is 4.74 Å². The maximum Gasteiger partial charge on any atom is 0.251 e. The fraction of sp³-hybridized carbons (Fsp3) is 0.462. The predicted octanol–water partition coefficient (Wildman–Crippen LogP) is 1.44. The summed E-state index contributed by atoms with van der Waals surface area (Å²) < 4.78 is 5.68. The lowest BCUT2D eigenvalue weighted by atomic mass is 9.95. The predicted molar refractivity (Wildman–Crippen MR) is 61.9 cm³/mol. The average Bonchev–Trinajstić information content (AvgIpc) is 2.91. The van der Waals surface area contributed by atoms with E-state index in [-0.39, 0.29) is 23.8 Å². The van der Waals surface area contributed by atoms with Gasteiger partial charge in [0.1, 0.15) is 5.75 Å². The van der Waals surface area contributed by atoms with E-state index in [1.165, 1.54) is 6.07 Å². The van der Waals surface area contributed by atoms with E-state index in [0.29, 0.717) is 11.7 Å². The number of rotatable bonds is 2. The second-order valence-corrected chi connectivity index (χ2v) is 4.74. The van der Waals surface area contributed by atoms with Crippen molar-refractivity contribution in [2.75, 3.05) is 0 Å². The second-order valence-electron chi connectivity index (χ2n) is 4.74. The van der Waals surface area contributed by atoms with Crippen LogP contribution in [0.25, 0.3) is 0 Å². The van der Waals surface area contributed by atoms with Crippen LogP contribution in [0.1, 0.15) is 29.6 Å². The lowest BCUT2D eigenvalue weighted by molar-refractivity contribution is 0.0840. The summed E-state index contributed by atoms with van der Waals surface area (Å²) in [4.78, 5) is 12.0. The van der Waals surface area contributed by atoms with Crippen molar-refractivity contribution in [3.8, 4) is 5.75 Å². The summed E-state index contributed by atoms with van der Waals surface area (Å²) in [7, 11) is 0. The molecule has 3 atom stereocenters. The van der Waals surface area contributed by atoms with Crippen LogP contribution in [-0.4, -0.2) is 29.3 Å². The van der Waals surface area contributed by atoms with Crippen molar-refractivity contribution < 1.29 is 14.6 Å². The highest BCUT2D eigenvalue weighted by atomic mass is 16.5. The average molecular weight is 233 g/mol. The molecule has 2 N–H and O–H groups in total. The maximum atomic E-state index is 12.0. The Morgan fingerprint density at radius 2 is 2.29 bits per heavy atom. The number of hydrogen-bond donors (Lipinski definition) is 2. The van der Waals surface area contributed by atoms with Gasteiger partial charge in [-0.2, -0.15) is 0 Å². The Hall–Kier alpha value is -1.55. The molecule has 17 heavy (non-hydrogen) atoms. The number of benzene rings is 1. The zero-order chi connectivity index (χ0) is 11.8. The Morgan fingerprint density at radius 3 is 2.94 bits per heavy atom. The molecule has 4 heteroatoms. The number of fused-ring (bicyclic) bond motifs is 2. The van der Waals surface area contributed by atoms with Gasteiger partial charge < -0.3 is 15.2 Å². The molecule has 2 saturated heterocycles. The third-order valence-electron chi connectivity index (χ3n) is 3.53. The minimum atomic E-state index is -0.137. The number of amides is 1. The number of hydrogen-bond acceptors (Lipinski definition) is 3. The van der Waals surface area contributed by atoms with E-state index in [9.17, 15) is 9.90 Å². The van der Waals surface area contributed by atoms with Gasteiger partial charge in [0.25, 0.3) is 5.91 Å². The minimum absolute atomic E-state index is 0.113. The molecular formula is C13H15NO3. The van der Waals surface area contributed by atoms with Gasteiger partial charge >= 0.3 is 0 Å². The van der Waals surface area contributed by atoms with Crippen LogP contribution in [0.3, 0.4) is 0 Å². The molecule has 2 fully saturated rings. The molecule has 3 unspecified atom stereocenters. The third kappa shape index (κ3) is 2.00. The van der Waals surface area contributed by atoms with Crippen molar-refractivity contribution in [1.29, 1.82) is 0 Å². The molecule has 0 spiro atoms. The molecule has 0 radical (unpaired) electrons. The number of phenols is 1. The molecule has 0 aliphatic carbocycles. The van der Waals surface area contributed by atoms with Crippen molar-refractivity contribution >= 4 is 5.91 Å². The number of carbonyl (C=O) groups excluding carboxylic acids is 1. The van der Waals surface area contributed by atoms with Crippen LogP contribution >= 0.6 is 0 Å². The fourth-order valence-corrected chi connectivity index (χ4v) is 2.69. The number of carbonyl (C=O) groups is 1. The number of ether oxygens (including phenoxy) is 1. The molecule has 4 nitrogen and oxygen atoms in total. The standard InChI is InChI=1S/C13H15NO3/c15-9-3-1-2-8(6-9)13(16)14-11-7-10-4-5-12(11)17-10/h1-3,6,10-12,15H,4-5,7H2,(H,14,16). The molecule has 1 amide bonds.